The summed E-state index contributed by atoms with van der Waals surface area (Å²) < 4.78 is 5.99. The van der Waals surface area contributed by atoms with Crippen molar-refractivity contribution >= 4 is 46.8 Å². The summed E-state index contributed by atoms with van der Waals surface area (Å²) in [5, 5.41) is 4.27. The van der Waals surface area contributed by atoms with Gasteiger partial charge in [0.25, 0.3) is 0 Å². The summed E-state index contributed by atoms with van der Waals surface area (Å²) in [5.74, 6) is 0.662. The van der Waals surface area contributed by atoms with Crippen LogP contribution in [-0.4, -0.2) is 58.3 Å². The number of aromatic nitrogens is 2. The van der Waals surface area contributed by atoms with Crippen LogP contribution in [-0.2, 0) is 11.2 Å². The van der Waals surface area contributed by atoms with Gasteiger partial charge in [0, 0.05) is 23.7 Å². The second kappa shape index (κ2) is 10.0. The number of nitrogens with zero attached hydrogens (tertiary/aromatic N) is 3. The van der Waals surface area contributed by atoms with Crippen LogP contribution in [0.25, 0.3) is 11.3 Å². The van der Waals surface area contributed by atoms with Crippen LogP contribution < -0.4 is 15.8 Å². The van der Waals surface area contributed by atoms with Crippen LogP contribution in [0.4, 0.5) is 5.95 Å². The lowest BCUT2D eigenvalue weighted by molar-refractivity contribution is -0.121. The molecule has 172 valence electrons. The van der Waals surface area contributed by atoms with Crippen LogP contribution in [0.3, 0.4) is 0 Å². The molecule has 0 radical (unpaired) electrons. The Morgan fingerprint density at radius 3 is 2.75 bits per heavy atom. The number of benzene rings is 1. The minimum Gasteiger partial charge on any atom is -0.491 e. The summed E-state index contributed by atoms with van der Waals surface area (Å²) >= 11 is 14.4. The molecule has 1 atom stereocenters. The number of nitrogens with two attached hydrogens (primary N) is 1. The predicted molar refractivity (Wildman–Crippen MR) is 130 cm³/mol. The van der Waals surface area contributed by atoms with Crippen molar-refractivity contribution in [1.82, 2.24) is 20.2 Å². The van der Waals surface area contributed by atoms with Crippen molar-refractivity contribution in [3.8, 4) is 17.0 Å². The van der Waals surface area contributed by atoms with Crippen molar-refractivity contribution < 1.29 is 9.53 Å². The van der Waals surface area contributed by atoms with Crippen LogP contribution in [0, 0.1) is 0 Å². The van der Waals surface area contributed by atoms with E-state index in [0.29, 0.717) is 45.1 Å². The Hall–Kier alpha value is -1.74. The zero-order chi connectivity index (χ0) is 22.8. The molecule has 1 aromatic heterocycles. The molecule has 2 aliphatic heterocycles. The summed E-state index contributed by atoms with van der Waals surface area (Å²) in [6.45, 7) is 7.49. The summed E-state index contributed by atoms with van der Waals surface area (Å²) in [4.78, 5) is 23.8. The Labute approximate surface area is 202 Å². The van der Waals surface area contributed by atoms with E-state index in [0.717, 1.165) is 25.2 Å². The Bertz CT molecular complexity index is 1010. The van der Waals surface area contributed by atoms with Gasteiger partial charge in [0.2, 0.25) is 11.9 Å². The Balaban J connectivity index is 1.59. The monoisotopic (exact) mass is 495 g/mol. The van der Waals surface area contributed by atoms with Gasteiger partial charge in [-0.15, -0.1) is 0 Å². The quantitative estimate of drug-likeness (QED) is 0.559. The van der Waals surface area contributed by atoms with Crippen LogP contribution in [0.15, 0.2) is 17.2 Å². The van der Waals surface area contributed by atoms with Crippen molar-refractivity contribution in [1.29, 1.82) is 0 Å². The molecule has 32 heavy (non-hydrogen) atoms. The van der Waals surface area contributed by atoms with Crippen molar-refractivity contribution in [3.63, 3.8) is 0 Å². The number of hydrogen-bond donors (Lipinski definition) is 2. The molecule has 1 unspecified atom stereocenters. The van der Waals surface area contributed by atoms with Crippen molar-refractivity contribution in [3.05, 3.63) is 27.7 Å². The second-order valence-corrected chi connectivity index (χ2v) is 10.4. The summed E-state index contributed by atoms with van der Waals surface area (Å²) in [6, 6.07) is 3.54. The summed E-state index contributed by atoms with van der Waals surface area (Å²) in [6.07, 6.45) is 2.97. The lowest BCUT2D eigenvalue weighted by atomic mass is 10.0. The first-order chi connectivity index (χ1) is 15.3. The Morgan fingerprint density at radius 2 is 2.03 bits per heavy atom. The van der Waals surface area contributed by atoms with E-state index in [1.807, 2.05) is 19.9 Å². The van der Waals surface area contributed by atoms with E-state index < -0.39 is 0 Å². The summed E-state index contributed by atoms with van der Waals surface area (Å²) in [7, 11) is 0. The molecular formula is C22H27Cl2N5O2S. The van der Waals surface area contributed by atoms with Crippen molar-refractivity contribution in [2.24, 2.45) is 0 Å². The molecule has 2 aromatic rings. The van der Waals surface area contributed by atoms with Gasteiger partial charge in [-0.3, -0.25) is 9.69 Å². The molecule has 0 spiro atoms. The molecule has 0 saturated carbocycles. The fraction of sp³-hybridized carbons (Fsp3) is 0.500. The number of amides is 1. The Kier molecular flexibility index (Phi) is 7.34. The van der Waals surface area contributed by atoms with E-state index in [4.69, 9.17) is 33.7 Å². The standard InChI is InChI=1S/C22H27Cl2N5O2S/c1-12(2)26-20(30)18-10-14-19(27-22(25)28-21(14)32-18)13-9-17(16(24)11-15(13)23)31-8-7-29-5-3-4-6-29/h9,11-12,18H,3-8,10H2,1-2H3,(H,26,30)(H2,25,27,28). The van der Waals surface area contributed by atoms with Gasteiger partial charge in [0.1, 0.15) is 17.4 Å². The van der Waals surface area contributed by atoms with E-state index in [-0.39, 0.29) is 23.1 Å². The van der Waals surface area contributed by atoms with Crippen LogP contribution in [0.2, 0.25) is 10.0 Å². The lowest BCUT2D eigenvalue weighted by Crippen LogP contribution is -2.37. The number of thioether (sulfide) groups is 1. The van der Waals surface area contributed by atoms with Gasteiger partial charge in [0.05, 0.1) is 21.0 Å². The lowest BCUT2D eigenvalue weighted by Gasteiger charge is -2.17. The van der Waals surface area contributed by atoms with Crippen LogP contribution >= 0.6 is 35.0 Å². The number of halogens is 2. The molecule has 3 heterocycles. The minimum absolute atomic E-state index is 0.0272. The molecular weight excluding hydrogens is 469 g/mol. The van der Waals surface area contributed by atoms with Gasteiger partial charge in [-0.1, -0.05) is 35.0 Å². The first-order valence-corrected chi connectivity index (χ1v) is 12.4. The number of likely N-dealkylation sites (tertiary alicyclic amines) is 1. The highest BCUT2D eigenvalue weighted by atomic mass is 35.5. The molecule has 1 amide bonds. The first kappa shape index (κ1) is 23.4. The molecule has 7 nitrogen and oxygen atoms in total. The molecule has 1 fully saturated rings. The van der Waals surface area contributed by atoms with Crippen LogP contribution in [0.1, 0.15) is 32.3 Å². The largest absolute Gasteiger partial charge is 0.491 e. The predicted octanol–water partition coefficient (Wildman–Crippen LogP) is 4.05. The smallest absolute Gasteiger partial charge is 0.234 e. The van der Waals surface area contributed by atoms with Gasteiger partial charge in [-0.2, -0.15) is 0 Å². The van der Waals surface area contributed by atoms with Gasteiger partial charge >= 0.3 is 0 Å². The molecule has 1 saturated heterocycles. The number of hydrogen-bond acceptors (Lipinski definition) is 7. The van der Waals surface area contributed by atoms with E-state index in [9.17, 15) is 4.79 Å². The maximum Gasteiger partial charge on any atom is 0.234 e. The third-order valence-corrected chi connectivity index (χ3v) is 7.33. The van der Waals surface area contributed by atoms with Gasteiger partial charge in [-0.25, -0.2) is 9.97 Å². The van der Waals surface area contributed by atoms with Crippen molar-refractivity contribution in [2.75, 3.05) is 32.0 Å². The third kappa shape index (κ3) is 5.25. The fourth-order valence-electron chi connectivity index (χ4n) is 3.98. The van der Waals surface area contributed by atoms with Crippen molar-refractivity contribution in [2.45, 2.75) is 49.4 Å². The molecule has 3 N–H and O–H groups in total. The van der Waals surface area contributed by atoms with Crippen LogP contribution in [0.5, 0.6) is 5.75 Å². The SMILES string of the molecule is CC(C)NC(=O)C1Cc2c(nc(N)nc2-c2cc(OCCN3CCCC3)c(Cl)cc2Cl)S1. The molecule has 1 aromatic carbocycles. The number of carbonyl (C=O) groups is 1. The zero-order valence-electron chi connectivity index (χ0n) is 18.2. The number of rotatable bonds is 7. The number of nitrogens with one attached hydrogen (secondary N) is 1. The molecule has 4 rings (SSSR count). The van der Waals surface area contributed by atoms with Gasteiger partial charge in [0.15, 0.2) is 0 Å². The van der Waals surface area contributed by atoms with E-state index in [1.54, 1.807) is 6.07 Å². The highest BCUT2D eigenvalue weighted by Crippen LogP contribution is 2.44. The first-order valence-electron chi connectivity index (χ1n) is 10.8. The average molecular weight is 496 g/mol. The molecule has 10 heteroatoms. The van der Waals surface area contributed by atoms with Gasteiger partial charge in [-0.05, 0) is 58.3 Å². The second-order valence-electron chi connectivity index (χ2n) is 8.35. The highest BCUT2D eigenvalue weighted by Gasteiger charge is 2.33. The van der Waals surface area contributed by atoms with E-state index >= 15 is 0 Å². The highest BCUT2D eigenvalue weighted by molar-refractivity contribution is 8.00. The number of carbonyl (C=O) groups excluding carboxylic acids is 1. The normalized spacial score (nSPS) is 18.2. The fourth-order valence-corrected chi connectivity index (χ4v) is 5.67. The zero-order valence-corrected chi connectivity index (χ0v) is 20.5. The Morgan fingerprint density at radius 1 is 1.28 bits per heavy atom. The molecule has 0 bridgehead atoms. The van der Waals surface area contributed by atoms with E-state index in [1.165, 1.54) is 24.6 Å². The topological polar surface area (TPSA) is 93.4 Å². The molecule has 2 aliphatic rings. The minimum atomic E-state index is -0.287. The number of fused-ring (bicyclic) bond motifs is 1. The third-order valence-electron chi connectivity index (χ3n) is 5.49. The number of ether oxygens (including phenoxy) is 1. The maximum absolute atomic E-state index is 12.6. The number of anilines is 1. The van der Waals surface area contributed by atoms with Gasteiger partial charge < -0.3 is 15.8 Å². The molecule has 0 aliphatic carbocycles. The average Bonchev–Trinajstić information content (AvgIpc) is 3.38. The maximum atomic E-state index is 12.6. The summed E-state index contributed by atoms with van der Waals surface area (Å²) in [5.41, 5.74) is 8.14. The van der Waals surface area contributed by atoms with E-state index in [2.05, 4.69) is 20.2 Å². The number of nitrogen functional groups attached to an aromatic ring is 1.